The molecule has 7 nitrogen and oxygen atoms in total. The van der Waals surface area contributed by atoms with Gasteiger partial charge in [-0.2, -0.15) is 5.10 Å². The Morgan fingerprint density at radius 1 is 1.10 bits per heavy atom. The quantitative estimate of drug-likeness (QED) is 0.447. The van der Waals surface area contributed by atoms with Crippen molar-refractivity contribution in [1.82, 2.24) is 4.90 Å². The third kappa shape index (κ3) is 5.54. The first kappa shape index (κ1) is 21.7. The molecule has 0 bridgehead atoms. The van der Waals surface area contributed by atoms with E-state index in [1.165, 1.54) is 11.8 Å². The zero-order chi connectivity index (χ0) is 21.3. The molecule has 0 aliphatic carbocycles. The molecule has 1 amide bonds. The van der Waals surface area contributed by atoms with Crippen molar-refractivity contribution in [2.45, 2.75) is 19.9 Å². The second-order valence-corrected chi connectivity index (χ2v) is 7.45. The lowest BCUT2D eigenvalue weighted by molar-refractivity contribution is -0.124. The van der Waals surface area contributed by atoms with Crippen LogP contribution in [0.3, 0.4) is 0 Å². The van der Waals surface area contributed by atoms with E-state index in [0.29, 0.717) is 35.6 Å². The first-order valence-corrected chi connectivity index (χ1v) is 10.6. The average molecular weight is 428 g/mol. The van der Waals surface area contributed by atoms with Gasteiger partial charge in [-0.3, -0.25) is 9.69 Å². The van der Waals surface area contributed by atoms with Crippen molar-refractivity contribution in [3.63, 3.8) is 0 Å². The lowest BCUT2D eigenvalue weighted by Crippen LogP contribution is -2.28. The molecule has 30 heavy (non-hydrogen) atoms. The third-order valence-corrected chi connectivity index (χ3v) is 5.30. The van der Waals surface area contributed by atoms with E-state index in [1.54, 1.807) is 31.4 Å². The van der Waals surface area contributed by atoms with Crippen molar-refractivity contribution in [2.24, 2.45) is 10.2 Å². The summed E-state index contributed by atoms with van der Waals surface area (Å²) in [7, 11) is 3.17. The smallest absolute Gasteiger partial charge is 0.239 e. The maximum atomic E-state index is 12.3. The minimum atomic E-state index is 0.0198. The Balaban J connectivity index is 1.68. The highest BCUT2D eigenvalue weighted by molar-refractivity contribution is 8.15. The van der Waals surface area contributed by atoms with Crippen LogP contribution in [0.2, 0.25) is 0 Å². The summed E-state index contributed by atoms with van der Waals surface area (Å²) >= 11 is 1.38. The van der Waals surface area contributed by atoms with Gasteiger partial charge in [-0.25, -0.2) is 0 Å². The van der Waals surface area contributed by atoms with Crippen molar-refractivity contribution in [3.8, 4) is 17.2 Å². The minimum absolute atomic E-state index is 0.0198. The Morgan fingerprint density at radius 2 is 1.87 bits per heavy atom. The summed E-state index contributed by atoms with van der Waals surface area (Å²) in [6.07, 6.45) is 2.58. The maximum Gasteiger partial charge on any atom is 0.239 e. The van der Waals surface area contributed by atoms with Crippen LogP contribution in [0.1, 0.15) is 24.5 Å². The van der Waals surface area contributed by atoms with E-state index in [9.17, 15) is 4.79 Å². The number of benzene rings is 2. The second-order valence-electron chi connectivity index (χ2n) is 6.50. The van der Waals surface area contributed by atoms with E-state index < -0.39 is 0 Å². The molecule has 1 aliphatic rings. The zero-order valence-electron chi connectivity index (χ0n) is 17.3. The van der Waals surface area contributed by atoms with Crippen LogP contribution >= 0.6 is 11.8 Å². The molecule has 2 aromatic rings. The monoisotopic (exact) mass is 427 g/mol. The van der Waals surface area contributed by atoms with Crippen LogP contribution in [-0.4, -0.2) is 48.8 Å². The van der Waals surface area contributed by atoms with Crippen LogP contribution in [0, 0.1) is 0 Å². The lowest BCUT2D eigenvalue weighted by atomic mass is 10.2. The number of hydrogen-bond acceptors (Lipinski definition) is 7. The summed E-state index contributed by atoms with van der Waals surface area (Å²) in [5, 5.41) is 9.01. The molecule has 8 heteroatoms. The molecule has 1 heterocycles. The van der Waals surface area contributed by atoms with E-state index >= 15 is 0 Å². The topological polar surface area (TPSA) is 72.7 Å². The molecular weight excluding hydrogens is 402 g/mol. The van der Waals surface area contributed by atoms with Crippen molar-refractivity contribution in [2.75, 3.05) is 26.6 Å². The third-order valence-electron chi connectivity index (χ3n) is 4.35. The fourth-order valence-corrected chi connectivity index (χ4v) is 3.63. The van der Waals surface area contributed by atoms with E-state index in [-0.39, 0.29) is 5.91 Å². The van der Waals surface area contributed by atoms with Crippen LogP contribution in [0.5, 0.6) is 17.2 Å². The number of amidine groups is 1. The number of amides is 1. The van der Waals surface area contributed by atoms with Gasteiger partial charge >= 0.3 is 0 Å². The van der Waals surface area contributed by atoms with Crippen LogP contribution in [0.15, 0.2) is 52.7 Å². The zero-order valence-corrected chi connectivity index (χ0v) is 18.1. The maximum absolute atomic E-state index is 12.3. The molecule has 0 radical (unpaired) electrons. The number of hydrogen-bond donors (Lipinski definition) is 0. The van der Waals surface area contributed by atoms with Gasteiger partial charge in [0.1, 0.15) is 5.75 Å². The van der Waals surface area contributed by atoms with Gasteiger partial charge in [0.15, 0.2) is 16.7 Å². The Morgan fingerprint density at radius 3 is 2.57 bits per heavy atom. The van der Waals surface area contributed by atoms with Gasteiger partial charge in [-0.05, 0) is 47.9 Å². The number of ether oxygens (including phenoxy) is 3. The van der Waals surface area contributed by atoms with Gasteiger partial charge in [0.05, 0.1) is 39.3 Å². The summed E-state index contributed by atoms with van der Waals surface area (Å²) in [5.41, 5.74) is 1.83. The number of carbonyl (C=O) groups excluding carboxylic acids is 1. The van der Waals surface area contributed by atoms with Crippen molar-refractivity contribution in [1.29, 1.82) is 0 Å². The first-order chi connectivity index (χ1) is 14.6. The summed E-state index contributed by atoms with van der Waals surface area (Å²) in [4.78, 5) is 14.0. The molecule has 0 saturated carbocycles. The summed E-state index contributed by atoms with van der Waals surface area (Å²) < 4.78 is 16.1. The SMILES string of the molecule is CCCOc1ccc(CN2C(=O)CS/C2=N/N=C\c2ccc(OC)c(OC)c2)cc1. The van der Waals surface area contributed by atoms with Gasteiger partial charge in [-0.1, -0.05) is 30.8 Å². The molecule has 1 fully saturated rings. The van der Waals surface area contributed by atoms with Crippen molar-refractivity contribution >= 4 is 29.1 Å². The number of methoxy groups -OCH3 is 2. The lowest BCUT2D eigenvalue weighted by Gasteiger charge is -2.15. The van der Waals surface area contributed by atoms with Gasteiger partial charge in [0.2, 0.25) is 5.91 Å². The molecule has 158 valence electrons. The standard InChI is InChI=1S/C22H25N3O4S/c1-4-11-29-18-8-5-16(6-9-18)14-25-21(26)15-30-22(25)24-23-13-17-7-10-19(27-2)20(12-17)28-3/h5-10,12-13H,4,11,14-15H2,1-3H3/b23-13-,24-22+. The Hall–Kier alpha value is -3.00. The highest BCUT2D eigenvalue weighted by Gasteiger charge is 2.28. The summed E-state index contributed by atoms with van der Waals surface area (Å²) in [6.45, 7) is 3.21. The second kappa shape index (κ2) is 10.7. The van der Waals surface area contributed by atoms with Crippen molar-refractivity contribution in [3.05, 3.63) is 53.6 Å². The molecule has 0 spiro atoms. The Bertz CT molecular complexity index is 928. The molecule has 0 atom stereocenters. The predicted molar refractivity (Wildman–Crippen MR) is 120 cm³/mol. The minimum Gasteiger partial charge on any atom is -0.494 e. The van der Waals surface area contributed by atoms with Gasteiger partial charge in [0, 0.05) is 0 Å². The fourth-order valence-electron chi connectivity index (χ4n) is 2.80. The Labute approximate surface area is 180 Å². The number of carbonyl (C=O) groups is 1. The summed E-state index contributed by atoms with van der Waals surface area (Å²) in [5.74, 6) is 2.48. The first-order valence-electron chi connectivity index (χ1n) is 9.62. The average Bonchev–Trinajstić information content (AvgIpc) is 3.12. The molecule has 2 aromatic carbocycles. The van der Waals surface area contributed by atoms with Gasteiger partial charge in [0.25, 0.3) is 0 Å². The Kier molecular flexibility index (Phi) is 7.73. The highest BCUT2D eigenvalue weighted by Crippen LogP contribution is 2.27. The van der Waals surface area contributed by atoms with E-state index in [2.05, 4.69) is 17.1 Å². The van der Waals surface area contributed by atoms with Crippen LogP contribution in [0.4, 0.5) is 0 Å². The van der Waals surface area contributed by atoms with Crippen LogP contribution < -0.4 is 14.2 Å². The molecule has 1 saturated heterocycles. The summed E-state index contributed by atoms with van der Waals surface area (Å²) in [6, 6.07) is 13.3. The molecule has 3 rings (SSSR count). The van der Waals surface area contributed by atoms with E-state index in [4.69, 9.17) is 14.2 Å². The molecule has 0 aromatic heterocycles. The normalized spacial score (nSPS) is 15.2. The van der Waals surface area contributed by atoms with Crippen LogP contribution in [-0.2, 0) is 11.3 Å². The number of nitrogens with zero attached hydrogens (tertiary/aromatic N) is 3. The largest absolute Gasteiger partial charge is 0.494 e. The van der Waals surface area contributed by atoms with E-state index in [1.807, 2.05) is 36.4 Å². The van der Waals surface area contributed by atoms with Gasteiger partial charge < -0.3 is 14.2 Å². The number of rotatable bonds is 9. The molecule has 1 aliphatic heterocycles. The van der Waals surface area contributed by atoms with Gasteiger partial charge in [-0.15, -0.1) is 5.10 Å². The fraction of sp³-hybridized carbons (Fsp3) is 0.318. The van der Waals surface area contributed by atoms with Crippen LogP contribution in [0.25, 0.3) is 0 Å². The van der Waals surface area contributed by atoms with E-state index in [0.717, 1.165) is 23.3 Å². The highest BCUT2D eigenvalue weighted by atomic mass is 32.2. The molecule has 0 N–H and O–H groups in total. The molecular formula is C22H25N3O4S. The van der Waals surface area contributed by atoms with Crippen molar-refractivity contribution < 1.29 is 19.0 Å². The predicted octanol–water partition coefficient (Wildman–Crippen LogP) is 3.96. The molecule has 0 unspecified atom stereocenters. The number of thioether (sulfide) groups is 1.